The normalized spacial score (nSPS) is 26.2. The summed E-state index contributed by atoms with van der Waals surface area (Å²) in [5, 5.41) is 8.68. The van der Waals surface area contributed by atoms with Gasteiger partial charge < -0.3 is 5.11 Å². The van der Waals surface area contributed by atoms with Crippen LogP contribution in [0, 0.1) is 5.92 Å². The zero-order valence-electron chi connectivity index (χ0n) is 11.3. The summed E-state index contributed by atoms with van der Waals surface area (Å²) in [5.74, 6) is 0.0703. The lowest BCUT2D eigenvalue weighted by Gasteiger charge is -2.34. The van der Waals surface area contributed by atoms with Crippen molar-refractivity contribution < 1.29 is 9.90 Å². The highest BCUT2D eigenvalue weighted by Gasteiger charge is 2.22. The summed E-state index contributed by atoms with van der Waals surface area (Å²) in [6.07, 6.45) is 7.79. The number of rotatable bonds is 5. The van der Waals surface area contributed by atoms with Gasteiger partial charge in [-0.3, -0.25) is 4.90 Å². The summed E-state index contributed by atoms with van der Waals surface area (Å²) in [4.78, 5) is 12.9. The lowest BCUT2D eigenvalue weighted by Crippen LogP contribution is -2.36. The van der Waals surface area contributed by atoms with E-state index in [9.17, 15) is 4.79 Å². The third kappa shape index (κ3) is 4.90. The molecule has 0 aromatic carbocycles. The summed E-state index contributed by atoms with van der Waals surface area (Å²) < 4.78 is 0. The maximum Gasteiger partial charge on any atom is 0.328 e. The van der Waals surface area contributed by atoms with E-state index >= 15 is 0 Å². The molecule has 0 aliphatic heterocycles. The minimum absolute atomic E-state index is 0.634. The Hall–Kier alpha value is -0.830. The van der Waals surface area contributed by atoms with Crippen LogP contribution in [0.4, 0.5) is 0 Å². The Morgan fingerprint density at radius 3 is 2.41 bits per heavy atom. The molecule has 1 rings (SSSR count). The zero-order valence-corrected chi connectivity index (χ0v) is 11.3. The molecule has 17 heavy (non-hydrogen) atoms. The molecular weight excluding hydrogens is 214 g/mol. The minimum Gasteiger partial charge on any atom is -0.478 e. The summed E-state index contributed by atoms with van der Waals surface area (Å²) in [7, 11) is 2.11. The van der Waals surface area contributed by atoms with Crippen LogP contribution in [0.25, 0.3) is 0 Å². The first-order valence-electron chi connectivity index (χ1n) is 6.63. The quantitative estimate of drug-likeness (QED) is 0.750. The van der Waals surface area contributed by atoms with Crippen molar-refractivity contribution in [1.82, 2.24) is 4.90 Å². The van der Waals surface area contributed by atoms with Gasteiger partial charge in [-0.15, -0.1) is 0 Å². The van der Waals surface area contributed by atoms with Crippen molar-refractivity contribution in [3.8, 4) is 0 Å². The molecule has 98 valence electrons. The second kappa shape index (κ2) is 6.80. The van der Waals surface area contributed by atoms with Gasteiger partial charge in [0.25, 0.3) is 0 Å². The Bertz CT molecular complexity index is 278. The lowest BCUT2D eigenvalue weighted by molar-refractivity contribution is -0.131. The van der Waals surface area contributed by atoms with Gasteiger partial charge in [-0.25, -0.2) is 4.79 Å². The molecule has 3 heteroatoms. The van der Waals surface area contributed by atoms with E-state index in [4.69, 9.17) is 5.11 Å². The highest BCUT2D eigenvalue weighted by molar-refractivity contribution is 5.80. The molecule has 1 fully saturated rings. The molecule has 0 bridgehead atoms. The topological polar surface area (TPSA) is 40.5 Å². The Labute approximate surface area is 105 Å². The van der Waals surface area contributed by atoms with Gasteiger partial charge in [-0.2, -0.15) is 0 Å². The van der Waals surface area contributed by atoms with Gasteiger partial charge in [0.05, 0.1) is 0 Å². The monoisotopic (exact) mass is 239 g/mol. The lowest BCUT2D eigenvalue weighted by atomic mass is 9.84. The predicted molar refractivity (Wildman–Crippen MR) is 70.1 cm³/mol. The van der Waals surface area contributed by atoms with Gasteiger partial charge in [-0.1, -0.05) is 18.9 Å². The largest absolute Gasteiger partial charge is 0.478 e. The van der Waals surface area contributed by atoms with Crippen molar-refractivity contribution in [3.63, 3.8) is 0 Å². The minimum atomic E-state index is -0.842. The Morgan fingerprint density at radius 2 is 1.94 bits per heavy atom. The van der Waals surface area contributed by atoms with Crippen molar-refractivity contribution >= 4 is 5.97 Å². The van der Waals surface area contributed by atoms with Crippen molar-refractivity contribution in [1.29, 1.82) is 0 Å². The van der Waals surface area contributed by atoms with Gasteiger partial charge in [0.1, 0.15) is 0 Å². The van der Waals surface area contributed by atoms with E-state index in [1.807, 2.05) is 6.92 Å². The molecule has 1 aliphatic carbocycles. The van der Waals surface area contributed by atoms with Crippen LogP contribution in [0.3, 0.4) is 0 Å². The first-order valence-corrected chi connectivity index (χ1v) is 6.63. The molecule has 0 saturated heterocycles. The summed E-state index contributed by atoms with van der Waals surface area (Å²) in [6.45, 7) is 4.94. The second-order valence-corrected chi connectivity index (χ2v) is 5.33. The zero-order chi connectivity index (χ0) is 12.8. The highest BCUT2D eigenvalue weighted by atomic mass is 16.4. The van der Waals surface area contributed by atoms with Gasteiger partial charge in [0.2, 0.25) is 0 Å². The number of likely N-dealkylation sites (N-methyl/N-ethyl adjacent to an activating group) is 1. The van der Waals surface area contributed by atoms with E-state index in [0.29, 0.717) is 6.04 Å². The molecule has 3 nitrogen and oxygen atoms in total. The molecule has 0 unspecified atom stereocenters. The molecule has 1 saturated carbocycles. The predicted octanol–water partition coefficient (Wildman–Crippen LogP) is 2.92. The van der Waals surface area contributed by atoms with Crippen LogP contribution in [-0.4, -0.2) is 35.6 Å². The summed E-state index contributed by atoms with van der Waals surface area (Å²) >= 11 is 0. The van der Waals surface area contributed by atoms with Gasteiger partial charge in [0.15, 0.2) is 0 Å². The number of carboxylic acid groups (broad SMARTS) is 1. The molecule has 0 amide bonds. The number of aliphatic carboxylic acids is 1. The van der Waals surface area contributed by atoms with Crippen molar-refractivity contribution in [3.05, 3.63) is 11.6 Å². The van der Waals surface area contributed by atoms with E-state index in [2.05, 4.69) is 18.9 Å². The number of carbonyl (C=O) groups is 1. The van der Waals surface area contributed by atoms with Gasteiger partial charge in [0, 0.05) is 18.7 Å². The SMILES string of the molecule is CCC1CCC(N(C)CC(C)=CC(=O)O)CC1. The first-order chi connectivity index (χ1) is 8.02. The molecule has 0 aromatic rings. The van der Waals surface area contributed by atoms with Crippen LogP contribution in [0.5, 0.6) is 0 Å². The summed E-state index contributed by atoms with van der Waals surface area (Å²) in [6, 6.07) is 0.634. The van der Waals surface area contributed by atoms with Crippen molar-refractivity contribution in [2.75, 3.05) is 13.6 Å². The molecular formula is C14H25NO2. The fourth-order valence-electron chi connectivity index (χ4n) is 2.77. The van der Waals surface area contributed by atoms with E-state index in [0.717, 1.165) is 18.0 Å². The molecule has 0 aromatic heterocycles. The fourth-order valence-corrected chi connectivity index (χ4v) is 2.77. The average Bonchev–Trinajstić information content (AvgIpc) is 2.28. The number of hydrogen-bond donors (Lipinski definition) is 1. The van der Waals surface area contributed by atoms with Crippen molar-refractivity contribution in [2.45, 2.75) is 52.0 Å². The fraction of sp³-hybridized carbons (Fsp3) is 0.786. The van der Waals surface area contributed by atoms with Crippen LogP contribution in [0.1, 0.15) is 46.0 Å². The van der Waals surface area contributed by atoms with Crippen LogP contribution >= 0.6 is 0 Å². The summed E-state index contributed by atoms with van der Waals surface area (Å²) in [5.41, 5.74) is 0.928. The van der Waals surface area contributed by atoms with Crippen LogP contribution in [-0.2, 0) is 4.79 Å². The smallest absolute Gasteiger partial charge is 0.328 e. The molecule has 0 atom stereocenters. The second-order valence-electron chi connectivity index (χ2n) is 5.33. The standard InChI is InChI=1S/C14H25NO2/c1-4-12-5-7-13(8-6-12)15(3)10-11(2)9-14(16)17/h9,12-13H,4-8,10H2,1-3H3,(H,16,17). The van der Waals surface area contributed by atoms with Gasteiger partial charge in [-0.05, 0) is 45.6 Å². The molecule has 0 spiro atoms. The Kier molecular flexibility index (Phi) is 5.69. The molecule has 0 heterocycles. The first kappa shape index (κ1) is 14.2. The van der Waals surface area contributed by atoms with Gasteiger partial charge >= 0.3 is 5.97 Å². The van der Waals surface area contributed by atoms with E-state index in [-0.39, 0.29) is 0 Å². The third-order valence-corrected chi connectivity index (χ3v) is 3.89. The number of nitrogens with zero attached hydrogens (tertiary/aromatic N) is 1. The highest BCUT2D eigenvalue weighted by Crippen LogP contribution is 2.29. The van der Waals surface area contributed by atoms with Crippen LogP contribution < -0.4 is 0 Å². The third-order valence-electron chi connectivity index (χ3n) is 3.89. The van der Waals surface area contributed by atoms with Crippen LogP contribution in [0.2, 0.25) is 0 Å². The van der Waals surface area contributed by atoms with Crippen LogP contribution in [0.15, 0.2) is 11.6 Å². The van der Waals surface area contributed by atoms with E-state index in [1.165, 1.54) is 38.2 Å². The maximum atomic E-state index is 10.6. The Morgan fingerprint density at radius 1 is 1.35 bits per heavy atom. The molecule has 1 N–H and O–H groups in total. The maximum absolute atomic E-state index is 10.6. The average molecular weight is 239 g/mol. The Balaban J connectivity index is 2.38. The molecule has 0 radical (unpaired) electrons. The van der Waals surface area contributed by atoms with E-state index < -0.39 is 5.97 Å². The number of carboxylic acids is 1. The molecule has 1 aliphatic rings. The van der Waals surface area contributed by atoms with E-state index in [1.54, 1.807) is 0 Å². The number of hydrogen-bond acceptors (Lipinski definition) is 2. The van der Waals surface area contributed by atoms with Crippen molar-refractivity contribution in [2.24, 2.45) is 5.92 Å².